The second kappa shape index (κ2) is 6.75. The minimum atomic E-state index is -1.14. The molecule has 3 N–H and O–H groups in total. The molecule has 21 heavy (non-hydrogen) atoms. The molecule has 8 nitrogen and oxygen atoms in total. The Kier molecular flexibility index (Phi) is 5.00. The highest BCUT2D eigenvalue weighted by Gasteiger charge is 2.39. The first kappa shape index (κ1) is 15.6. The fourth-order valence-electron chi connectivity index (χ4n) is 2.99. The summed E-state index contributed by atoms with van der Waals surface area (Å²) in [6.07, 6.45) is 3.73. The number of carboxylic acid groups (broad SMARTS) is 1. The van der Waals surface area contributed by atoms with Gasteiger partial charge in [0.05, 0.1) is 6.61 Å². The van der Waals surface area contributed by atoms with Crippen LogP contribution in [-0.2, 0) is 9.59 Å². The first-order valence-electron chi connectivity index (χ1n) is 7.22. The Balaban J connectivity index is 2.15. The lowest BCUT2D eigenvalue weighted by Crippen LogP contribution is -2.62. The summed E-state index contributed by atoms with van der Waals surface area (Å²) in [5.74, 6) is -1.50. The third-order valence-corrected chi connectivity index (χ3v) is 4.07. The Morgan fingerprint density at radius 3 is 2.57 bits per heavy atom. The number of nitrogens with one attached hydrogen (secondary N) is 1. The first-order chi connectivity index (χ1) is 10.0. The molecule has 0 aromatic carbocycles. The maximum absolute atomic E-state index is 12.6. The van der Waals surface area contributed by atoms with Crippen LogP contribution in [0.25, 0.3) is 0 Å². The predicted octanol–water partition coefficient (Wildman–Crippen LogP) is -0.772. The Bertz CT molecular complexity index is 422. The molecule has 0 radical (unpaired) electrons. The molecule has 1 saturated heterocycles. The molecule has 1 aliphatic carbocycles. The lowest BCUT2D eigenvalue weighted by molar-refractivity contribution is -0.144. The second-order valence-electron chi connectivity index (χ2n) is 5.42. The normalized spacial score (nSPS) is 23.0. The van der Waals surface area contributed by atoms with Gasteiger partial charge in [0.1, 0.15) is 12.6 Å². The summed E-state index contributed by atoms with van der Waals surface area (Å²) < 4.78 is 0. The van der Waals surface area contributed by atoms with Crippen molar-refractivity contribution in [1.29, 1.82) is 0 Å². The van der Waals surface area contributed by atoms with E-state index in [1.54, 1.807) is 0 Å². The van der Waals surface area contributed by atoms with Gasteiger partial charge >= 0.3 is 12.0 Å². The third-order valence-electron chi connectivity index (χ3n) is 4.07. The van der Waals surface area contributed by atoms with E-state index in [0.29, 0.717) is 0 Å². The topological polar surface area (TPSA) is 110 Å². The zero-order valence-electron chi connectivity index (χ0n) is 11.8. The number of hydrogen-bond acceptors (Lipinski definition) is 4. The summed E-state index contributed by atoms with van der Waals surface area (Å²) in [5.41, 5.74) is 0. The molecule has 8 heteroatoms. The summed E-state index contributed by atoms with van der Waals surface area (Å²) in [6.45, 7) is -0.365. The van der Waals surface area contributed by atoms with Crippen LogP contribution in [0, 0.1) is 0 Å². The van der Waals surface area contributed by atoms with Gasteiger partial charge in [-0.3, -0.25) is 9.69 Å². The van der Waals surface area contributed by atoms with Crippen molar-refractivity contribution in [3.05, 3.63) is 0 Å². The highest BCUT2D eigenvalue weighted by molar-refractivity contribution is 5.90. The van der Waals surface area contributed by atoms with Gasteiger partial charge in [0.25, 0.3) is 0 Å². The van der Waals surface area contributed by atoms with Gasteiger partial charge in [-0.15, -0.1) is 0 Å². The van der Waals surface area contributed by atoms with Crippen molar-refractivity contribution in [2.24, 2.45) is 0 Å². The summed E-state index contributed by atoms with van der Waals surface area (Å²) in [6, 6.07) is -1.51. The van der Waals surface area contributed by atoms with Crippen LogP contribution in [-0.4, -0.2) is 76.2 Å². The average Bonchev–Trinajstić information content (AvgIpc) is 2.97. The SMILES string of the molecule is O=C1CN(C(=O)N(CCO)C2CCCC2)C(C(=O)O)CN1. The predicted molar refractivity (Wildman–Crippen MR) is 72.6 cm³/mol. The number of carbonyl (C=O) groups is 3. The van der Waals surface area contributed by atoms with Crippen molar-refractivity contribution < 1.29 is 24.6 Å². The lowest BCUT2D eigenvalue weighted by atomic mass is 10.1. The number of aliphatic hydroxyl groups is 1. The minimum absolute atomic E-state index is 0.0177. The lowest BCUT2D eigenvalue weighted by Gasteiger charge is -2.38. The van der Waals surface area contributed by atoms with Gasteiger partial charge in [0.15, 0.2) is 0 Å². The number of rotatable bonds is 4. The zero-order chi connectivity index (χ0) is 15.4. The Morgan fingerprint density at radius 2 is 2.00 bits per heavy atom. The van der Waals surface area contributed by atoms with E-state index >= 15 is 0 Å². The number of aliphatic hydroxyl groups excluding tert-OH is 1. The van der Waals surface area contributed by atoms with Crippen LogP contribution in [0.4, 0.5) is 4.79 Å². The summed E-state index contributed by atoms with van der Waals surface area (Å²) in [5, 5.41) is 20.8. The van der Waals surface area contributed by atoms with Crippen molar-refractivity contribution in [3.63, 3.8) is 0 Å². The Labute approximate surface area is 122 Å². The molecule has 1 saturated carbocycles. The average molecular weight is 299 g/mol. The van der Waals surface area contributed by atoms with Gasteiger partial charge in [-0.2, -0.15) is 0 Å². The van der Waals surface area contributed by atoms with E-state index < -0.39 is 18.0 Å². The largest absolute Gasteiger partial charge is 0.480 e. The standard InChI is InChI=1S/C13H21N3O5/c17-6-5-15(9-3-1-2-4-9)13(21)16-8-11(18)14-7-10(16)12(19)20/h9-10,17H,1-8H2,(H,14,18)(H,19,20). The number of nitrogens with zero attached hydrogens (tertiary/aromatic N) is 2. The molecule has 1 aliphatic heterocycles. The minimum Gasteiger partial charge on any atom is -0.480 e. The van der Waals surface area contributed by atoms with Gasteiger partial charge in [-0.05, 0) is 12.8 Å². The smallest absolute Gasteiger partial charge is 0.328 e. The molecule has 2 rings (SSSR count). The van der Waals surface area contributed by atoms with E-state index in [4.69, 9.17) is 5.11 Å². The summed E-state index contributed by atoms with van der Waals surface area (Å²) in [7, 11) is 0. The molecule has 0 aromatic rings. The molecule has 1 heterocycles. The first-order valence-corrected chi connectivity index (χ1v) is 7.22. The Morgan fingerprint density at radius 1 is 1.33 bits per heavy atom. The summed E-state index contributed by atoms with van der Waals surface area (Å²) in [4.78, 5) is 38.0. The molecular weight excluding hydrogens is 278 g/mol. The second-order valence-corrected chi connectivity index (χ2v) is 5.42. The maximum atomic E-state index is 12.6. The number of amides is 3. The third kappa shape index (κ3) is 3.44. The van der Waals surface area contributed by atoms with Crippen molar-refractivity contribution in [2.45, 2.75) is 37.8 Å². The van der Waals surface area contributed by atoms with Crippen molar-refractivity contribution in [2.75, 3.05) is 26.2 Å². The van der Waals surface area contributed by atoms with Crippen LogP contribution in [0.3, 0.4) is 0 Å². The zero-order valence-corrected chi connectivity index (χ0v) is 11.8. The van der Waals surface area contributed by atoms with E-state index in [1.165, 1.54) is 4.90 Å². The Hall–Kier alpha value is -1.83. The van der Waals surface area contributed by atoms with E-state index in [2.05, 4.69) is 5.32 Å². The van der Waals surface area contributed by atoms with E-state index in [0.717, 1.165) is 30.6 Å². The van der Waals surface area contributed by atoms with Crippen LogP contribution in [0.2, 0.25) is 0 Å². The maximum Gasteiger partial charge on any atom is 0.328 e. The van der Waals surface area contributed by atoms with Crippen LogP contribution >= 0.6 is 0 Å². The molecule has 2 aliphatic rings. The molecule has 1 unspecified atom stereocenters. The van der Waals surface area contributed by atoms with E-state index in [9.17, 15) is 19.5 Å². The van der Waals surface area contributed by atoms with Crippen LogP contribution < -0.4 is 5.32 Å². The van der Waals surface area contributed by atoms with Gasteiger partial charge < -0.3 is 20.4 Å². The number of aliphatic carboxylic acids is 1. The molecule has 0 bridgehead atoms. The van der Waals surface area contributed by atoms with Gasteiger partial charge in [-0.25, -0.2) is 9.59 Å². The highest BCUT2D eigenvalue weighted by Crippen LogP contribution is 2.25. The van der Waals surface area contributed by atoms with Crippen LogP contribution in [0.1, 0.15) is 25.7 Å². The number of hydrogen-bond donors (Lipinski definition) is 3. The number of carbonyl (C=O) groups excluding carboxylic acids is 2. The molecule has 0 spiro atoms. The van der Waals surface area contributed by atoms with E-state index in [-0.39, 0.29) is 38.2 Å². The molecule has 3 amide bonds. The van der Waals surface area contributed by atoms with Crippen LogP contribution in [0.5, 0.6) is 0 Å². The van der Waals surface area contributed by atoms with Gasteiger partial charge in [0.2, 0.25) is 5.91 Å². The van der Waals surface area contributed by atoms with Crippen LogP contribution in [0.15, 0.2) is 0 Å². The molecule has 1 atom stereocenters. The number of carboxylic acids is 1. The van der Waals surface area contributed by atoms with Crippen molar-refractivity contribution in [3.8, 4) is 0 Å². The fourth-order valence-corrected chi connectivity index (χ4v) is 2.99. The molecule has 0 aromatic heterocycles. The summed E-state index contributed by atoms with van der Waals surface area (Å²) >= 11 is 0. The number of piperazine rings is 1. The van der Waals surface area contributed by atoms with Crippen molar-refractivity contribution >= 4 is 17.9 Å². The molecular formula is C13H21N3O5. The highest BCUT2D eigenvalue weighted by atomic mass is 16.4. The number of urea groups is 1. The van der Waals surface area contributed by atoms with E-state index in [1.807, 2.05) is 0 Å². The monoisotopic (exact) mass is 299 g/mol. The van der Waals surface area contributed by atoms with Gasteiger partial charge in [0, 0.05) is 19.1 Å². The fraction of sp³-hybridized carbons (Fsp3) is 0.769. The molecule has 118 valence electrons. The van der Waals surface area contributed by atoms with Gasteiger partial charge in [-0.1, -0.05) is 12.8 Å². The quantitative estimate of drug-likeness (QED) is 0.631. The molecule has 2 fully saturated rings. The van der Waals surface area contributed by atoms with Crippen molar-refractivity contribution in [1.82, 2.24) is 15.1 Å².